The van der Waals surface area contributed by atoms with Crippen LogP contribution in [0.25, 0.3) is 184 Å². The van der Waals surface area contributed by atoms with Gasteiger partial charge in [-0.05, 0) is 47.2 Å². The molecule has 20 aromatic rings. The first-order valence-electron chi connectivity index (χ1n) is 30.8. The highest BCUT2D eigenvalue weighted by Gasteiger charge is 2.28. The van der Waals surface area contributed by atoms with E-state index in [9.17, 15) is 0 Å². The van der Waals surface area contributed by atoms with Crippen molar-refractivity contribution in [3.05, 3.63) is 255 Å². The van der Waals surface area contributed by atoms with Crippen molar-refractivity contribution in [2.45, 2.75) is 0 Å². The molecule has 0 fully saturated rings. The molecule has 0 radical (unpaired) electrons. The van der Waals surface area contributed by atoms with Gasteiger partial charge in [0.1, 0.15) is 11.2 Å². The van der Waals surface area contributed by atoms with Crippen molar-refractivity contribution in [3.63, 3.8) is 0 Å². The van der Waals surface area contributed by atoms with Gasteiger partial charge in [0.25, 0.3) is 0 Å². The quantitative estimate of drug-likeness (QED) is 0.174. The highest BCUT2D eigenvalue weighted by Crippen LogP contribution is 2.50. The van der Waals surface area contributed by atoms with Gasteiger partial charge in [0, 0.05) is 94.6 Å². The van der Waals surface area contributed by atoms with Crippen LogP contribution < -0.4 is 0 Å². The molecule has 8 nitrogen and oxygen atoms in total. The van der Waals surface area contributed by atoms with E-state index in [4.69, 9.17) is 35.6 Å². The Hall–Kier alpha value is -11.0. The fourth-order valence-electron chi connectivity index (χ4n) is 13.4. The lowest BCUT2D eigenvalue weighted by Crippen LogP contribution is -2.03. The van der Waals surface area contributed by atoms with Crippen molar-refractivity contribution in [1.29, 1.82) is 0 Å². The van der Waals surface area contributed by atoms with Crippen molar-refractivity contribution < 1.29 is 15.7 Å². The molecule has 400 valence electrons. The molecule has 0 aliphatic carbocycles. The Morgan fingerprint density at radius 1 is 0.314 bits per heavy atom. The van der Waals surface area contributed by atoms with Gasteiger partial charge in [-0.25, -0.2) is 9.97 Å². The summed E-state index contributed by atoms with van der Waals surface area (Å²) in [6.07, 6.45) is 0. The molecule has 0 aliphatic rings. The minimum atomic E-state index is -0.461. The van der Waals surface area contributed by atoms with Gasteiger partial charge in [-0.3, -0.25) is 9.13 Å². The zero-order chi connectivity index (χ0) is 60.5. The second-order valence-electron chi connectivity index (χ2n) is 21.5. The second-order valence-corrected chi connectivity index (χ2v) is 23.6. The van der Waals surface area contributed by atoms with Crippen LogP contribution in [0.3, 0.4) is 0 Å². The molecule has 0 aliphatic heterocycles. The molecule has 12 aromatic carbocycles. The fraction of sp³-hybridized carbons (Fsp3) is 0. The van der Waals surface area contributed by atoms with Gasteiger partial charge in [-0.2, -0.15) is 9.97 Å². The Labute approximate surface area is 503 Å². The third-order valence-corrected chi connectivity index (χ3v) is 19.3. The Kier molecular flexibility index (Phi) is 9.06. The maximum atomic E-state index is 8.92. The topological polar surface area (TPSA) is 87.7 Å². The summed E-state index contributed by atoms with van der Waals surface area (Å²) in [6, 6.07) is 75.0. The molecule has 0 bridgehead atoms. The highest BCUT2D eigenvalue weighted by molar-refractivity contribution is 7.27. The number of para-hydroxylation sites is 4. The van der Waals surface area contributed by atoms with Crippen LogP contribution >= 0.6 is 22.7 Å². The molecule has 86 heavy (non-hydrogen) atoms. The van der Waals surface area contributed by atoms with E-state index in [1.54, 1.807) is 11.3 Å². The van der Waals surface area contributed by atoms with E-state index in [0.717, 1.165) is 91.4 Å². The van der Waals surface area contributed by atoms with Crippen molar-refractivity contribution >= 4 is 172 Å². The maximum absolute atomic E-state index is 8.92. The third-order valence-electron chi connectivity index (χ3n) is 16.9. The monoisotopic (exact) mass is 1140 g/mol. The molecule has 20 rings (SSSR count). The number of fused-ring (bicyclic) bond motifs is 26. The number of hydrogen-bond donors (Lipinski definition) is 0. The first kappa shape index (κ1) is 42.7. The summed E-state index contributed by atoms with van der Waals surface area (Å²) >= 11 is 3.60. The first-order chi connectivity index (χ1) is 44.8. The maximum Gasteiger partial charge on any atom is 0.238 e. The van der Waals surface area contributed by atoms with E-state index < -0.39 is 18.1 Å². The van der Waals surface area contributed by atoms with E-state index in [1.165, 1.54) is 41.7 Å². The molecule has 0 spiro atoms. The summed E-state index contributed by atoms with van der Waals surface area (Å²) in [7, 11) is 0. The van der Waals surface area contributed by atoms with Crippen LogP contribution in [0.15, 0.2) is 264 Å². The molecule has 10 heteroatoms. The predicted molar refractivity (Wildman–Crippen MR) is 359 cm³/mol. The number of hydrogen-bond acceptors (Lipinski definition) is 8. The summed E-state index contributed by atoms with van der Waals surface area (Å²) in [4.78, 5) is 20.8. The van der Waals surface area contributed by atoms with Crippen molar-refractivity contribution in [1.82, 2.24) is 29.1 Å². The van der Waals surface area contributed by atoms with Crippen LogP contribution in [-0.2, 0) is 0 Å². The van der Waals surface area contributed by atoms with Crippen LogP contribution in [0.2, 0.25) is 0 Å². The molecular weight excluding hydrogens is 1090 g/mol. The van der Waals surface area contributed by atoms with Crippen LogP contribution in [-0.4, -0.2) is 29.1 Å². The van der Waals surface area contributed by atoms with E-state index >= 15 is 0 Å². The zero-order valence-corrected chi connectivity index (χ0v) is 46.8. The third kappa shape index (κ3) is 6.73. The van der Waals surface area contributed by atoms with Crippen molar-refractivity contribution in [2.75, 3.05) is 0 Å². The Morgan fingerprint density at radius 3 is 1.19 bits per heavy atom. The average Bonchev–Trinajstić information content (AvgIpc) is 1.56. The standard InChI is InChI=1S/2C38H21N3OS/c2*1-2-12-22(13-3-1)34-32-26-17-7-10-20-29(26)42-37(32)40-38(39-34)41-28-19-9-6-16-25(28)31-23-14-4-5-15-24(23)36-33(35(31)41)27-18-8-11-21-30(27)43-36/h2*1-21H/i1D,2D,3D,12D,13D;. The molecule has 0 atom stereocenters. The number of thiophene rings is 2. The molecule has 8 aromatic heterocycles. The minimum absolute atomic E-state index is 0.00134. The van der Waals surface area contributed by atoms with Gasteiger partial charge in [-0.15, -0.1) is 22.7 Å². The lowest BCUT2D eigenvalue weighted by molar-refractivity contribution is 0.651. The number of furan rings is 2. The summed E-state index contributed by atoms with van der Waals surface area (Å²) in [6.45, 7) is 0. The summed E-state index contributed by atoms with van der Waals surface area (Å²) in [5.41, 5.74) is 8.34. The number of benzene rings is 12. The fourth-order valence-corrected chi connectivity index (χ4v) is 15.9. The lowest BCUT2D eigenvalue weighted by atomic mass is 10.00. The first-order valence-corrected chi connectivity index (χ1v) is 29.9. The highest BCUT2D eigenvalue weighted by atomic mass is 32.1. The summed E-state index contributed by atoms with van der Waals surface area (Å²) in [5.74, 6) is 0.880. The van der Waals surface area contributed by atoms with Gasteiger partial charge >= 0.3 is 0 Å². The molecule has 0 saturated carbocycles. The molecule has 0 N–H and O–H groups in total. The van der Waals surface area contributed by atoms with Gasteiger partial charge in [-0.1, -0.05) is 218 Å². The van der Waals surface area contributed by atoms with Crippen LogP contribution in [0.1, 0.15) is 6.85 Å². The van der Waals surface area contributed by atoms with E-state index in [0.29, 0.717) is 28.0 Å². The van der Waals surface area contributed by atoms with Gasteiger partial charge < -0.3 is 8.83 Å². The Balaban J connectivity index is 0.000000131. The van der Waals surface area contributed by atoms with Crippen LogP contribution in [0.5, 0.6) is 0 Å². The van der Waals surface area contributed by atoms with Gasteiger partial charge in [0.15, 0.2) is 0 Å². The van der Waals surface area contributed by atoms with E-state index in [1.807, 2.05) is 82.6 Å². The van der Waals surface area contributed by atoms with E-state index in [2.05, 4.69) is 162 Å². The average molecular weight is 1140 g/mol. The lowest BCUT2D eigenvalue weighted by Gasteiger charge is -2.11. The predicted octanol–water partition coefficient (Wildman–Crippen LogP) is 21.3. The Bertz CT molecular complexity index is 6530. The van der Waals surface area contributed by atoms with Gasteiger partial charge in [0.05, 0.1) is 51.1 Å². The molecular formula is C76H42N6O2S2. The molecule has 8 heterocycles. The summed E-state index contributed by atoms with van der Waals surface area (Å²) in [5, 5.41) is 17.1. The number of nitrogens with zero attached hydrogens (tertiary/aromatic N) is 6. The number of aromatic nitrogens is 6. The van der Waals surface area contributed by atoms with Gasteiger partial charge in [0.2, 0.25) is 23.3 Å². The SMILES string of the molecule is [2H]c1c([2H])c([2H])c(-c2nc(-n3c4ccccc4c4c5ccccc5c5sc6ccccc6c5c43)nc3oc4ccccc4c23)c([2H])c1[2H].c1ccc(-c2nc(-n3c4ccccc4c4c5ccccc5c5sc6ccccc6c5c43)nc3oc4ccccc4c23)cc1. The smallest absolute Gasteiger partial charge is 0.238 e. The zero-order valence-electron chi connectivity index (χ0n) is 50.2. The normalized spacial score (nSPS) is 13.0. The van der Waals surface area contributed by atoms with E-state index in [-0.39, 0.29) is 35.0 Å². The summed E-state index contributed by atoms with van der Waals surface area (Å²) < 4.78 is 65.0. The number of rotatable bonds is 4. The Morgan fingerprint density at radius 2 is 0.698 bits per heavy atom. The largest absolute Gasteiger partial charge is 0.437 e. The van der Waals surface area contributed by atoms with Crippen LogP contribution in [0, 0.1) is 0 Å². The van der Waals surface area contributed by atoms with Crippen molar-refractivity contribution in [2.24, 2.45) is 0 Å². The van der Waals surface area contributed by atoms with Crippen LogP contribution in [0.4, 0.5) is 0 Å². The molecule has 0 unspecified atom stereocenters. The van der Waals surface area contributed by atoms with Crippen molar-refractivity contribution in [3.8, 4) is 34.4 Å². The molecule has 0 amide bonds. The minimum Gasteiger partial charge on any atom is -0.437 e. The molecule has 0 saturated heterocycles. The second kappa shape index (κ2) is 18.2.